The number of amidine groups is 1. The van der Waals surface area contributed by atoms with E-state index < -0.39 is 0 Å². The van der Waals surface area contributed by atoms with Crippen LogP contribution in [0.5, 0.6) is 0 Å². The Kier molecular flexibility index (Phi) is 14.6. The first-order valence-corrected chi connectivity index (χ1v) is 14.2. The molecule has 0 N–H and O–H groups in total. The van der Waals surface area contributed by atoms with Crippen molar-refractivity contribution in [3.8, 4) is 0 Å². The molecule has 0 saturated carbocycles. The van der Waals surface area contributed by atoms with Crippen LogP contribution in [0.2, 0.25) is 0 Å². The second kappa shape index (κ2) is 17.1. The van der Waals surface area contributed by atoms with Crippen LogP contribution < -0.4 is 0 Å². The second-order valence-electron chi connectivity index (χ2n) is 10.4. The number of unbranched alkanes of at least 4 members (excludes halogenated alkanes) is 15. The van der Waals surface area contributed by atoms with Gasteiger partial charge < -0.3 is 0 Å². The average molecular weight is 420 g/mol. The molecular weight excluding hydrogens is 364 g/mol. The van der Waals surface area contributed by atoms with Gasteiger partial charge in [-0.15, -0.1) is 0 Å². The minimum Gasteiger partial charge on any atom is -0.268 e. The average Bonchev–Trinajstić information content (AvgIpc) is 2.96. The Morgan fingerprint density at radius 2 is 1.17 bits per heavy atom. The quantitative estimate of drug-likeness (QED) is 0.170. The van der Waals surface area contributed by atoms with E-state index in [1.54, 1.807) is 5.84 Å². The monoisotopic (exact) mass is 419 g/mol. The van der Waals surface area contributed by atoms with Gasteiger partial charge >= 0.3 is 0 Å². The van der Waals surface area contributed by atoms with Crippen molar-refractivity contribution in [2.75, 3.05) is 26.7 Å². The van der Waals surface area contributed by atoms with Gasteiger partial charge in [0.2, 0.25) is 5.84 Å². The highest BCUT2D eigenvalue weighted by molar-refractivity contribution is 5.80. The summed E-state index contributed by atoms with van der Waals surface area (Å²) in [7, 11) is 2.34. The molecule has 2 nitrogen and oxygen atoms in total. The summed E-state index contributed by atoms with van der Waals surface area (Å²) in [5.41, 5.74) is 0. The lowest BCUT2D eigenvalue weighted by atomic mass is 9.93. The molecule has 176 valence electrons. The van der Waals surface area contributed by atoms with Crippen molar-refractivity contribution >= 4 is 5.84 Å². The molecule has 0 spiro atoms. The van der Waals surface area contributed by atoms with Crippen LogP contribution in [0.25, 0.3) is 0 Å². The largest absolute Gasteiger partial charge is 0.268 e. The van der Waals surface area contributed by atoms with Gasteiger partial charge in [0.15, 0.2) is 0 Å². The van der Waals surface area contributed by atoms with Gasteiger partial charge in [-0.1, -0.05) is 110 Å². The molecular formula is C28H55N2+. The van der Waals surface area contributed by atoms with Crippen molar-refractivity contribution in [3.05, 3.63) is 0 Å². The molecule has 1 fully saturated rings. The third-order valence-electron chi connectivity index (χ3n) is 7.64. The van der Waals surface area contributed by atoms with E-state index in [4.69, 9.17) is 0 Å². The minimum atomic E-state index is 0.851. The number of hydrogen-bond acceptors (Lipinski definition) is 1. The molecule has 0 aromatic carbocycles. The standard InChI is InChI=1S/C28H55N2/c1-3-4-5-6-7-8-9-10-11-12-13-14-15-16-17-18-22-27-23-19-20-25-30-26-21-24-29(2)28(27)30/h27H,3-26H2,1-2H3/q+1. The van der Waals surface area contributed by atoms with Crippen LogP contribution in [-0.4, -0.2) is 42.0 Å². The normalized spacial score (nSPS) is 19.8. The SMILES string of the molecule is CCCCCCCCCCCCCCCCCCC1CCCCN2CCC[N+](C)=C12. The van der Waals surface area contributed by atoms with Crippen molar-refractivity contribution in [2.45, 2.75) is 142 Å². The molecule has 0 bridgehead atoms. The summed E-state index contributed by atoms with van der Waals surface area (Å²) in [6.45, 7) is 6.21. The third-order valence-corrected chi connectivity index (χ3v) is 7.64. The van der Waals surface area contributed by atoms with Gasteiger partial charge in [0.05, 0.1) is 32.6 Å². The fourth-order valence-corrected chi connectivity index (χ4v) is 5.80. The molecule has 2 aliphatic rings. The van der Waals surface area contributed by atoms with E-state index in [1.165, 1.54) is 154 Å². The Labute approximate surface area is 189 Å². The Morgan fingerprint density at radius 1 is 0.667 bits per heavy atom. The maximum atomic E-state index is 2.73. The van der Waals surface area contributed by atoms with Gasteiger partial charge in [0.1, 0.15) is 0 Å². The van der Waals surface area contributed by atoms with Crippen LogP contribution in [-0.2, 0) is 0 Å². The second-order valence-corrected chi connectivity index (χ2v) is 10.4. The number of rotatable bonds is 17. The van der Waals surface area contributed by atoms with Gasteiger partial charge in [0.25, 0.3) is 0 Å². The minimum absolute atomic E-state index is 0.851. The fourth-order valence-electron chi connectivity index (χ4n) is 5.80. The zero-order valence-corrected chi connectivity index (χ0v) is 20.9. The molecule has 0 aliphatic carbocycles. The van der Waals surface area contributed by atoms with E-state index in [0.717, 1.165) is 5.92 Å². The lowest BCUT2D eigenvalue weighted by molar-refractivity contribution is -0.511. The summed E-state index contributed by atoms with van der Waals surface area (Å²) in [6, 6.07) is 0. The summed E-state index contributed by atoms with van der Waals surface area (Å²) in [6.07, 6.45) is 30.6. The summed E-state index contributed by atoms with van der Waals surface area (Å²) in [5, 5.41) is 0. The molecule has 1 unspecified atom stereocenters. The van der Waals surface area contributed by atoms with Gasteiger partial charge in [-0.3, -0.25) is 9.48 Å². The van der Waals surface area contributed by atoms with Crippen LogP contribution in [0.4, 0.5) is 0 Å². The smallest absolute Gasteiger partial charge is 0.249 e. The third kappa shape index (κ3) is 10.7. The van der Waals surface area contributed by atoms with Crippen molar-refractivity contribution in [1.82, 2.24) is 4.90 Å². The topological polar surface area (TPSA) is 6.25 Å². The first kappa shape index (κ1) is 25.7. The Morgan fingerprint density at radius 3 is 1.73 bits per heavy atom. The highest BCUT2D eigenvalue weighted by Gasteiger charge is 2.34. The summed E-state index contributed by atoms with van der Waals surface area (Å²) in [4.78, 5) is 2.73. The lowest BCUT2D eigenvalue weighted by Gasteiger charge is -2.28. The summed E-state index contributed by atoms with van der Waals surface area (Å²) < 4.78 is 2.59. The molecule has 0 aromatic rings. The summed E-state index contributed by atoms with van der Waals surface area (Å²) >= 11 is 0. The van der Waals surface area contributed by atoms with Gasteiger partial charge in [-0.05, 0) is 25.7 Å². The van der Waals surface area contributed by atoms with Gasteiger partial charge in [-0.2, -0.15) is 0 Å². The number of nitrogens with zero attached hydrogens (tertiary/aromatic N) is 2. The van der Waals surface area contributed by atoms with Crippen molar-refractivity contribution in [2.24, 2.45) is 5.92 Å². The molecule has 0 aromatic heterocycles. The molecule has 0 amide bonds. The van der Waals surface area contributed by atoms with Crippen LogP contribution in [0, 0.1) is 5.92 Å². The van der Waals surface area contributed by atoms with Gasteiger partial charge in [0, 0.05) is 6.42 Å². The Hall–Kier alpha value is -0.530. The van der Waals surface area contributed by atoms with Crippen molar-refractivity contribution < 1.29 is 4.58 Å². The molecule has 0 radical (unpaired) electrons. The maximum absolute atomic E-state index is 2.73. The Balaban J connectivity index is 1.40. The predicted molar refractivity (Wildman–Crippen MR) is 134 cm³/mol. The molecule has 2 aliphatic heterocycles. The molecule has 1 atom stereocenters. The predicted octanol–water partition coefficient (Wildman–Crippen LogP) is 8.18. The molecule has 2 heterocycles. The van der Waals surface area contributed by atoms with Crippen LogP contribution in [0.1, 0.15) is 142 Å². The lowest BCUT2D eigenvalue weighted by Crippen LogP contribution is -2.46. The summed E-state index contributed by atoms with van der Waals surface area (Å²) in [5.74, 6) is 2.56. The van der Waals surface area contributed by atoms with E-state index >= 15 is 0 Å². The van der Waals surface area contributed by atoms with E-state index in [-0.39, 0.29) is 0 Å². The van der Waals surface area contributed by atoms with E-state index in [1.807, 2.05) is 0 Å². The first-order chi connectivity index (χ1) is 14.8. The van der Waals surface area contributed by atoms with Gasteiger partial charge in [-0.25, -0.2) is 0 Å². The Bertz CT molecular complexity index is 442. The zero-order valence-electron chi connectivity index (χ0n) is 20.9. The van der Waals surface area contributed by atoms with Crippen LogP contribution in [0.15, 0.2) is 0 Å². The maximum Gasteiger partial charge on any atom is 0.249 e. The fraction of sp³-hybridized carbons (Fsp3) is 0.964. The zero-order chi connectivity index (χ0) is 21.3. The van der Waals surface area contributed by atoms with Crippen LogP contribution in [0.3, 0.4) is 0 Å². The highest BCUT2D eigenvalue weighted by Crippen LogP contribution is 2.26. The first-order valence-electron chi connectivity index (χ1n) is 14.2. The molecule has 2 rings (SSSR count). The van der Waals surface area contributed by atoms with Crippen molar-refractivity contribution in [3.63, 3.8) is 0 Å². The van der Waals surface area contributed by atoms with E-state index in [9.17, 15) is 0 Å². The van der Waals surface area contributed by atoms with Crippen molar-refractivity contribution in [1.29, 1.82) is 0 Å². The van der Waals surface area contributed by atoms with E-state index in [0.29, 0.717) is 0 Å². The van der Waals surface area contributed by atoms with Crippen LogP contribution >= 0.6 is 0 Å². The molecule has 2 heteroatoms. The molecule has 30 heavy (non-hydrogen) atoms. The number of fused-ring (bicyclic) bond motifs is 1. The number of hydrogen-bond donors (Lipinski definition) is 0. The highest BCUT2D eigenvalue weighted by atomic mass is 15.3. The molecule has 1 saturated heterocycles. The van der Waals surface area contributed by atoms with E-state index in [2.05, 4.69) is 23.4 Å².